The van der Waals surface area contributed by atoms with Crippen molar-refractivity contribution < 1.29 is 14.3 Å². The number of thiocarbonyl (C=S) groups is 1. The lowest BCUT2D eigenvalue weighted by atomic mass is 9.95. The molecule has 1 amide bonds. The smallest absolute Gasteiger partial charge is 0.328 e. The van der Waals surface area contributed by atoms with Crippen LogP contribution in [0.1, 0.15) is 45.1 Å². The highest BCUT2D eigenvalue weighted by Crippen LogP contribution is 2.32. The van der Waals surface area contributed by atoms with E-state index in [1.807, 2.05) is 12.1 Å². The Morgan fingerprint density at radius 1 is 1.03 bits per heavy atom. The summed E-state index contributed by atoms with van der Waals surface area (Å²) in [7, 11) is 0. The maximum Gasteiger partial charge on any atom is 0.328 e. The molecule has 3 aromatic rings. The molecule has 184 valence electrons. The van der Waals surface area contributed by atoms with Crippen molar-refractivity contribution in [2.75, 3.05) is 12.0 Å². The molecule has 0 saturated carbocycles. The Hall–Kier alpha value is -3.69. The van der Waals surface area contributed by atoms with E-state index in [9.17, 15) is 9.59 Å². The third-order valence-electron chi connectivity index (χ3n) is 6.31. The number of hydrogen-bond acceptors (Lipinski definition) is 6. The molecule has 4 N–H and O–H groups in total. The fourth-order valence-electron chi connectivity index (χ4n) is 4.49. The van der Waals surface area contributed by atoms with Crippen LogP contribution in [0.4, 0.5) is 5.82 Å². The Bertz CT molecular complexity index is 1290. The van der Waals surface area contributed by atoms with Gasteiger partial charge in [0.05, 0.1) is 23.2 Å². The molecule has 1 saturated heterocycles. The highest BCUT2D eigenvalue weighted by atomic mass is 35.5. The molecule has 2 aromatic carbocycles. The fourth-order valence-corrected chi connectivity index (χ4v) is 4.87. The number of hydrogen-bond donors (Lipinski definition) is 4. The maximum absolute atomic E-state index is 12.4. The molecule has 10 heteroatoms. The lowest BCUT2D eigenvalue weighted by Gasteiger charge is -2.24. The Kier molecular flexibility index (Phi) is 7.02. The average molecular weight is 522 g/mol. The maximum atomic E-state index is 12.4. The number of halogens is 1. The van der Waals surface area contributed by atoms with Gasteiger partial charge >= 0.3 is 5.97 Å². The number of esters is 1. The SMILES string of the molecule is O=C(NC1CCOC1=O)c1cnc(NNC(=S)NC2c3ccccc3CCc3ccccc32)c(Cl)c1. The number of fused-ring (bicyclic) bond motifs is 2. The lowest BCUT2D eigenvalue weighted by molar-refractivity contribution is -0.139. The van der Waals surface area contributed by atoms with Crippen LogP contribution in [0.25, 0.3) is 0 Å². The quantitative estimate of drug-likeness (QED) is 0.230. The fraction of sp³-hybridized carbons (Fsp3) is 0.231. The first-order valence-electron chi connectivity index (χ1n) is 11.6. The number of benzene rings is 2. The molecule has 2 heterocycles. The highest BCUT2D eigenvalue weighted by Gasteiger charge is 2.28. The number of cyclic esters (lactones) is 1. The monoisotopic (exact) mass is 521 g/mol. The van der Waals surface area contributed by atoms with E-state index in [0.29, 0.717) is 24.0 Å². The van der Waals surface area contributed by atoms with Gasteiger partial charge in [0.15, 0.2) is 10.9 Å². The largest absolute Gasteiger partial charge is 0.464 e. The molecule has 8 nitrogen and oxygen atoms in total. The summed E-state index contributed by atoms with van der Waals surface area (Å²) < 4.78 is 4.87. The number of amides is 1. The standard InChI is InChI=1S/C26H24ClN5O3S/c27-20-13-17(24(33)29-21-11-12-35-25(21)34)14-28-23(20)31-32-26(36)30-22-18-7-3-1-5-15(18)9-10-16-6-2-4-8-19(16)22/h1-8,13-14,21-22H,9-12H2,(H,28,31)(H,29,33)(H2,30,32,36). The van der Waals surface area contributed by atoms with E-state index in [1.165, 1.54) is 34.5 Å². The summed E-state index contributed by atoms with van der Waals surface area (Å²) in [4.78, 5) is 28.3. The number of aromatic nitrogens is 1. The van der Waals surface area contributed by atoms with Crippen molar-refractivity contribution in [2.24, 2.45) is 0 Å². The summed E-state index contributed by atoms with van der Waals surface area (Å²) >= 11 is 11.9. The zero-order chi connectivity index (χ0) is 25.1. The van der Waals surface area contributed by atoms with Gasteiger partial charge in [-0.25, -0.2) is 9.78 Å². The van der Waals surface area contributed by atoms with Crippen LogP contribution in [0, 0.1) is 0 Å². The minimum atomic E-state index is -0.654. The number of ether oxygens (including phenoxy) is 1. The molecule has 0 bridgehead atoms. The number of anilines is 1. The first kappa shape index (κ1) is 24.0. The van der Waals surface area contributed by atoms with Crippen LogP contribution in [-0.4, -0.2) is 34.6 Å². The van der Waals surface area contributed by atoms with E-state index in [0.717, 1.165) is 12.8 Å². The molecular weight excluding hydrogens is 498 g/mol. The number of hydrazine groups is 1. The van der Waals surface area contributed by atoms with Gasteiger partial charge in [0.25, 0.3) is 5.91 Å². The third-order valence-corrected chi connectivity index (χ3v) is 6.82. The average Bonchev–Trinajstić information content (AvgIpc) is 3.22. The summed E-state index contributed by atoms with van der Waals surface area (Å²) in [5.41, 5.74) is 11.0. The number of carbonyl (C=O) groups is 2. The second-order valence-corrected chi connectivity index (χ2v) is 9.41. The topological polar surface area (TPSA) is 104 Å². The molecular formula is C26H24ClN5O3S. The van der Waals surface area contributed by atoms with Gasteiger partial charge in [0, 0.05) is 12.6 Å². The summed E-state index contributed by atoms with van der Waals surface area (Å²) in [6.45, 7) is 0.295. The van der Waals surface area contributed by atoms with E-state index >= 15 is 0 Å². The normalized spacial score (nSPS) is 16.7. The van der Waals surface area contributed by atoms with Crippen molar-refractivity contribution >= 4 is 46.6 Å². The van der Waals surface area contributed by atoms with Crippen molar-refractivity contribution in [3.8, 4) is 0 Å². The van der Waals surface area contributed by atoms with Crippen molar-refractivity contribution in [2.45, 2.75) is 31.3 Å². The van der Waals surface area contributed by atoms with Gasteiger partial charge in [0.2, 0.25) is 0 Å². The Morgan fingerprint density at radius 2 is 1.69 bits per heavy atom. The summed E-state index contributed by atoms with van der Waals surface area (Å²) in [5.74, 6) is -0.584. The van der Waals surface area contributed by atoms with Crippen molar-refractivity contribution in [3.05, 3.63) is 93.6 Å². The predicted molar refractivity (Wildman–Crippen MR) is 141 cm³/mol. The number of pyridine rings is 1. The van der Waals surface area contributed by atoms with E-state index < -0.39 is 17.9 Å². The second kappa shape index (κ2) is 10.5. The van der Waals surface area contributed by atoms with Crippen molar-refractivity contribution in [1.29, 1.82) is 0 Å². The third kappa shape index (κ3) is 5.12. The predicted octanol–water partition coefficient (Wildman–Crippen LogP) is 3.46. The molecule has 1 aromatic heterocycles. The first-order chi connectivity index (χ1) is 17.5. The minimum Gasteiger partial charge on any atom is -0.464 e. The zero-order valence-corrected chi connectivity index (χ0v) is 20.8. The zero-order valence-electron chi connectivity index (χ0n) is 19.2. The molecule has 1 atom stereocenters. The van der Waals surface area contributed by atoms with Crippen LogP contribution in [-0.2, 0) is 22.4 Å². The molecule has 1 aliphatic carbocycles. The number of nitrogens with one attached hydrogen (secondary N) is 4. The molecule has 1 unspecified atom stereocenters. The van der Waals surface area contributed by atoms with Crippen LogP contribution in [0.3, 0.4) is 0 Å². The van der Waals surface area contributed by atoms with Crippen LogP contribution < -0.4 is 21.5 Å². The van der Waals surface area contributed by atoms with Crippen molar-refractivity contribution in [3.63, 3.8) is 0 Å². The molecule has 5 rings (SSSR count). The van der Waals surface area contributed by atoms with Gasteiger partial charge in [-0.05, 0) is 53.4 Å². The van der Waals surface area contributed by atoms with Crippen LogP contribution in [0.2, 0.25) is 5.02 Å². The number of carbonyl (C=O) groups excluding carboxylic acids is 2. The van der Waals surface area contributed by atoms with Gasteiger partial charge in [-0.1, -0.05) is 60.1 Å². The van der Waals surface area contributed by atoms with Crippen LogP contribution in [0.5, 0.6) is 0 Å². The molecule has 1 aliphatic heterocycles. The van der Waals surface area contributed by atoms with E-state index in [4.69, 9.17) is 28.6 Å². The molecule has 2 aliphatic rings. The molecule has 1 fully saturated rings. The van der Waals surface area contributed by atoms with E-state index in [2.05, 4.69) is 62.9 Å². The van der Waals surface area contributed by atoms with E-state index in [-0.39, 0.29) is 16.6 Å². The Morgan fingerprint density at radius 3 is 2.31 bits per heavy atom. The molecule has 36 heavy (non-hydrogen) atoms. The number of nitrogens with zero attached hydrogens (tertiary/aromatic N) is 1. The summed E-state index contributed by atoms with van der Waals surface area (Å²) in [6.07, 6.45) is 3.74. The Balaban J connectivity index is 1.25. The molecule has 0 spiro atoms. The van der Waals surface area contributed by atoms with E-state index in [1.54, 1.807) is 0 Å². The van der Waals surface area contributed by atoms with Gasteiger partial charge in [-0.2, -0.15) is 0 Å². The number of rotatable bonds is 5. The number of aryl methyl sites for hydroxylation is 2. The van der Waals surface area contributed by atoms with Crippen molar-refractivity contribution in [1.82, 2.24) is 21.0 Å². The second-order valence-electron chi connectivity index (χ2n) is 8.59. The summed E-state index contributed by atoms with van der Waals surface area (Å²) in [5, 5.41) is 6.63. The van der Waals surface area contributed by atoms with Crippen LogP contribution in [0.15, 0.2) is 60.8 Å². The first-order valence-corrected chi connectivity index (χ1v) is 12.4. The molecule has 0 radical (unpaired) electrons. The van der Waals surface area contributed by atoms with Gasteiger partial charge in [0.1, 0.15) is 6.04 Å². The Labute approximate surface area is 218 Å². The lowest BCUT2D eigenvalue weighted by Crippen LogP contribution is -2.41. The van der Waals surface area contributed by atoms with Crippen LogP contribution >= 0.6 is 23.8 Å². The highest BCUT2D eigenvalue weighted by molar-refractivity contribution is 7.80. The van der Waals surface area contributed by atoms with Gasteiger partial charge < -0.3 is 15.4 Å². The minimum absolute atomic E-state index is 0.113. The summed E-state index contributed by atoms with van der Waals surface area (Å²) in [6, 6.07) is 17.4. The van der Waals surface area contributed by atoms with Gasteiger partial charge in [-0.15, -0.1) is 0 Å². The van der Waals surface area contributed by atoms with Gasteiger partial charge in [-0.3, -0.25) is 15.6 Å².